The van der Waals surface area contributed by atoms with Crippen LogP contribution in [0.4, 0.5) is 4.39 Å². The van der Waals surface area contributed by atoms with Crippen LogP contribution < -0.4 is 10.1 Å². The van der Waals surface area contributed by atoms with E-state index in [9.17, 15) is 9.18 Å². The van der Waals surface area contributed by atoms with Crippen LogP contribution in [0, 0.1) is 11.7 Å². The van der Waals surface area contributed by atoms with Crippen LogP contribution in [-0.2, 0) is 4.79 Å². The number of hydrogen-bond donors (Lipinski definition) is 1. The molecule has 1 fully saturated rings. The molecule has 1 N–H and O–H groups in total. The van der Waals surface area contributed by atoms with Crippen molar-refractivity contribution in [2.75, 3.05) is 13.2 Å². The van der Waals surface area contributed by atoms with Gasteiger partial charge < -0.3 is 10.1 Å². The third-order valence-electron chi connectivity index (χ3n) is 4.72. The highest BCUT2D eigenvalue weighted by atomic mass is 19.1. The Morgan fingerprint density at radius 3 is 2.70 bits per heavy atom. The van der Waals surface area contributed by atoms with Gasteiger partial charge in [-0.25, -0.2) is 4.39 Å². The molecule has 8 heteroatoms. The zero-order chi connectivity index (χ0) is 18.6. The molecule has 4 rings (SSSR count). The molecule has 0 radical (unpaired) electrons. The molecular formula is C19H20FN5O2. The van der Waals surface area contributed by atoms with E-state index in [0.717, 1.165) is 25.7 Å². The van der Waals surface area contributed by atoms with Gasteiger partial charge >= 0.3 is 0 Å². The van der Waals surface area contributed by atoms with Crippen LogP contribution in [0.25, 0.3) is 17.0 Å². The summed E-state index contributed by atoms with van der Waals surface area (Å²) in [5, 5.41) is 15.5. The first-order chi connectivity index (χ1) is 13.2. The van der Waals surface area contributed by atoms with Gasteiger partial charge in [0.1, 0.15) is 12.4 Å². The number of hydrogen-bond acceptors (Lipinski definition) is 5. The Kier molecular flexibility index (Phi) is 4.95. The number of carbonyl (C=O) groups is 1. The molecule has 2 heterocycles. The number of nitrogens with zero attached hydrogens (tertiary/aromatic N) is 4. The number of ether oxygens (including phenoxy) is 1. The Labute approximate surface area is 155 Å². The summed E-state index contributed by atoms with van der Waals surface area (Å²) in [6.07, 6.45) is 4.22. The normalized spacial score (nSPS) is 14.6. The number of amides is 1. The average Bonchev–Trinajstić information content (AvgIpc) is 3.35. The molecule has 0 bridgehead atoms. The zero-order valence-corrected chi connectivity index (χ0v) is 14.8. The van der Waals surface area contributed by atoms with Crippen LogP contribution in [0.1, 0.15) is 25.7 Å². The smallest absolute Gasteiger partial charge is 0.231 e. The molecule has 140 valence electrons. The van der Waals surface area contributed by atoms with Gasteiger partial charge in [0.05, 0.1) is 6.54 Å². The van der Waals surface area contributed by atoms with Gasteiger partial charge in [-0.1, -0.05) is 12.8 Å². The maximum Gasteiger partial charge on any atom is 0.231 e. The standard InChI is InChI=1S/C19H20FN5O2/c20-15-7-5-13(6-8-15)18-23-22-16-9-10-17(24-25(16)18)27-12-11-21-19(26)14-3-1-2-4-14/h5-10,14H,1-4,11-12H2,(H,21,26). The summed E-state index contributed by atoms with van der Waals surface area (Å²) in [5.41, 5.74) is 1.27. The molecule has 7 nitrogen and oxygen atoms in total. The van der Waals surface area contributed by atoms with Crippen LogP contribution in [0.15, 0.2) is 36.4 Å². The highest BCUT2D eigenvalue weighted by Crippen LogP contribution is 2.24. The first kappa shape index (κ1) is 17.4. The number of benzene rings is 1. The summed E-state index contributed by atoms with van der Waals surface area (Å²) in [4.78, 5) is 12.0. The van der Waals surface area contributed by atoms with Crippen LogP contribution >= 0.6 is 0 Å². The van der Waals surface area contributed by atoms with Gasteiger partial charge in [0.2, 0.25) is 11.8 Å². The van der Waals surface area contributed by atoms with Crippen LogP contribution in [0.2, 0.25) is 0 Å². The molecule has 1 aliphatic rings. The maximum atomic E-state index is 13.1. The predicted octanol–water partition coefficient (Wildman–Crippen LogP) is 2.62. The third kappa shape index (κ3) is 3.89. The van der Waals surface area contributed by atoms with E-state index in [-0.39, 0.29) is 17.6 Å². The second-order valence-electron chi connectivity index (χ2n) is 6.59. The van der Waals surface area contributed by atoms with Crippen molar-refractivity contribution in [3.63, 3.8) is 0 Å². The van der Waals surface area contributed by atoms with Gasteiger partial charge in [0, 0.05) is 17.5 Å². The SMILES string of the molecule is O=C(NCCOc1ccc2nnc(-c3ccc(F)cc3)n2n1)C1CCCC1. The van der Waals surface area contributed by atoms with Gasteiger partial charge in [0.15, 0.2) is 11.5 Å². The molecule has 0 aliphatic heterocycles. The number of aromatic nitrogens is 4. The van der Waals surface area contributed by atoms with Gasteiger partial charge in [-0.15, -0.1) is 15.3 Å². The molecule has 3 aromatic rings. The predicted molar refractivity (Wildman–Crippen MR) is 96.6 cm³/mol. The zero-order valence-electron chi connectivity index (χ0n) is 14.8. The molecule has 27 heavy (non-hydrogen) atoms. The average molecular weight is 369 g/mol. The molecule has 0 spiro atoms. The quantitative estimate of drug-likeness (QED) is 0.676. The van der Waals surface area contributed by atoms with Crippen molar-refractivity contribution in [2.24, 2.45) is 5.92 Å². The first-order valence-electron chi connectivity index (χ1n) is 9.09. The topological polar surface area (TPSA) is 81.4 Å². The first-order valence-corrected chi connectivity index (χ1v) is 9.09. The van der Waals surface area contributed by atoms with Crippen LogP contribution in [0.3, 0.4) is 0 Å². The minimum absolute atomic E-state index is 0.108. The van der Waals surface area contributed by atoms with Gasteiger partial charge in [-0.2, -0.15) is 4.52 Å². The van der Waals surface area contributed by atoms with E-state index in [0.29, 0.717) is 36.1 Å². The Morgan fingerprint density at radius 1 is 1.15 bits per heavy atom. The monoisotopic (exact) mass is 369 g/mol. The number of halogens is 1. The van der Waals surface area contributed by atoms with Crippen LogP contribution in [0.5, 0.6) is 5.88 Å². The Bertz CT molecular complexity index is 935. The van der Waals surface area contributed by atoms with E-state index < -0.39 is 0 Å². The minimum atomic E-state index is -0.316. The fraction of sp³-hybridized carbons (Fsp3) is 0.368. The highest BCUT2D eigenvalue weighted by Gasteiger charge is 2.22. The van der Waals surface area contributed by atoms with E-state index in [2.05, 4.69) is 20.6 Å². The molecule has 0 unspecified atom stereocenters. The van der Waals surface area contributed by atoms with Crippen LogP contribution in [-0.4, -0.2) is 38.9 Å². The Hall–Kier alpha value is -3.03. The summed E-state index contributed by atoms with van der Waals surface area (Å²) < 4.78 is 20.3. The lowest BCUT2D eigenvalue weighted by molar-refractivity contribution is -0.124. The second-order valence-corrected chi connectivity index (χ2v) is 6.59. The molecule has 2 aromatic heterocycles. The largest absolute Gasteiger partial charge is 0.475 e. The van der Waals surface area contributed by atoms with Gasteiger partial charge in [-0.05, 0) is 43.2 Å². The lowest BCUT2D eigenvalue weighted by Crippen LogP contribution is -2.32. The summed E-state index contributed by atoms with van der Waals surface area (Å²) in [7, 11) is 0. The lowest BCUT2D eigenvalue weighted by Gasteiger charge is -2.11. The molecular weight excluding hydrogens is 349 g/mol. The minimum Gasteiger partial charge on any atom is -0.475 e. The Balaban J connectivity index is 1.40. The molecule has 1 saturated carbocycles. The van der Waals surface area contributed by atoms with Crippen molar-refractivity contribution < 1.29 is 13.9 Å². The Morgan fingerprint density at radius 2 is 1.93 bits per heavy atom. The number of fused-ring (bicyclic) bond motifs is 1. The second kappa shape index (κ2) is 7.69. The van der Waals surface area contributed by atoms with E-state index in [1.165, 1.54) is 12.1 Å². The van der Waals surface area contributed by atoms with Crippen molar-refractivity contribution in [3.8, 4) is 17.3 Å². The molecule has 0 atom stereocenters. The number of rotatable bonds is 6. The van der Waals surface area contributed by atoms with Crippen molar-refractivity contribution in [1.29, 1.82) is 0 Å². The summed E-state index contributed by atoms with van der Waals surface area (Å²) in [6, 6.07) is 9.43. The maximum absolute atomic E-state index is 13.1. The van der Waals surface area contributed by atoms with E-state index in [4.69, 9.17) is 4.74 Å². The molecule has 1 amide bonds. The summed E-state index contributed by atoms with van der Waals surface area (Å²) in [5.74, 6) is 0.849. The van der Waals surface area contributed by atoms with E-state index in [1.54, 1.807) is 28.8 Å². The molecule has 1 aromatic carbocycles. The fourth-order valence-electron chi connectivity index (χ4n) is 3.29. The summed E-state index contributed by atoms with van der Waals surface area (Å²) in [6.45, 7) is 0.757. The van der Waals surface area contributed by atoms with Crippen molar-refractivity contribution in [1.82, 2.24) is 25.1 Å². The molecule has 1 aliphatic carbocycles. The van der Waals surface area contributed by atoms with E-state index >= 15 is 0 Å². The summed E-state index contributed by atoms with van der Waals surface area (Å²) >= 11 is 0. The molecule has 0 saturated heterocycles. The van der Waals surface area contributed by atoms with Gasteiger partial charge in [0.25, 0.3) is 0 Å². The van der Waals surface area contributed by atoms with Crippen molar-refractivity contribution in [2.45, 2.75) is 25.7 Å². The number of nitrogens with one attached hydrogen (secondary N) is 1. The number of carbonyl (C=O) groups excluding carboxylic acids is 1. The van der Waals surface area contributed by atoms with E-state index in [1.807, 2.05) is 0 Å². The van der Waals surface area contributed by atoms with Gasteiger partial charge in [-0.3, -0.25) is 4.79 Å². The van der Waals surface area contributed by atoms with Crippen molar-refractivity contribution in [3.05, 3.63) is 42.2 Å². The lowest BCUT2D eigenvalue weighted by atomic mass is 10.1. The fourth-order valence-corrected chi connectivity index (χ4v) is 3.29. The highest BCUT2D eigenvalue weighted by molar-refractivity contribution is 5.78. The van der Waals surface area contributed by atoms with Crippen molar-refractivity contribution >= 4 is 11.6 Å². The third-order valence-corrected chi connectivity index (χ3v) is 4.72.